The van der Waals surface area contributed by atoms with Crippen LogP contribution in [0, 0.1) is 0 Å². The zero-order valence-electron chi connectivity index (χ0n) is 14.2. The molecule has 0 unspecified atom stereocenters. The maximum Gasteiger partial charge on any atom is 0.233 e. The van der Waals surface area contributed by atoms with Crippen molar-refractivity contribution in [2.24, 2.45) is 0 Å². The van der Waals surface area contributed by atoms with Crippen LogP contribution in [0.25, 0.3) is 11.4 Å². The van der Waals surface area contributed by atoms with Gasteiger partial charge in [-0.2, -0.15) is 0 Å². The molecule has 0 aliphatic rings. The second kappa shape index (κ2) is 8.54. The van der Waals surface area contributed by atoms with E-state index in [1.165, 1.54) is 11.8 Å². The van der Waals surface area contributed by atoms with E-state index in [2.05, 4.69) is 22.1 Å². The Kier molecular flexibility index (Phi) is 6.43. The first kappa shape index (κ1) is 18.1. The van der Waals surface area contributed by atoms with Gasteiger partial charge in [-0.05, 0) is 38.1 Å². The molecule has 2 rings (SSSR count). The number of methoxy groups -OCH3 is 1. The molecule has 1 aromatic carbocycles. The van der Waals surface area contributed by atoms with Gasteiger partial charge in [-0.25, -0.2) is 0 Å². The Hall–Kier alpha value is -2.28. The van der Waals surface area contributed by atoms with E-state index in [9.17, 15) is 4.79 Å². The Labute approximate surface area is 146 Å². The zero-order valence-corrected chi connectivity index (χ0v) is 15.0. The highest BCUT2D eigenvalue weighted by atomic mass is 32.2. The molecule has 0 fully saturated rings. The summed E-state index contributed by atoms with van der Waals surface area (Å²) >= 11 is 1.39. The molecule has 0 radical (unpaired) electrons. The van der Waals surface area contributed by atoms with Crippen LogP contribution >= 0.6 is 11.8 Å². The normalized spacial score (nSPS) is 11.8. The van der Waals surface area contributed by atoms with E-state index in [0.717, 1.165) is 28.8 Å². The van der Waals surface area contributed by atoms with Crippen LogP contribution in [-0.4, -0.2) is 39.6 Å². The van der Waals surface area contributed by atoms with Crippen molar-refractivity contribution in [3.63, 3.8) is 0 Å². The van der Waals surface area contributed by atoms with E-state index < -0.39 is 0 Å². The standard InChI is InChI=1S/C17H22N4O2S/c1-5-11-18-16(22)12(3)24-17-20-19-15(21(17)6-2)13-7-9-14(23-4)10-8-13/h5,7-10,12H,1,6,11H2,2-4H3,(H,18,22)/t12-/m0/s1. The quantitative estimate of drug-likeness (QED) is 0.588. The Morgan fingerprint density at radius 3 is 2.71 bits per heavy atom. The van der Waals surface area contributed by atoms with Crippen molar-refractivity contribution in [2.45, 2.75) is 30.8 Å². The van der Waals surface area contributed by atoms with E-state index in [4.69, 9.17) is 4.74 Å². The number of nitrogens with one attached hydrogen (secondary N) is 1. The molecule has 7 heteroatoms. The molecule has 0 aliphatic carbocycles. The highest BCUT2D eigenvalue weighted by Crippen LogP contribution is 2.27. The Morgan fingerprint density at radius 1 is 1.42 bits per heavy atom. The third-order valence-electron chi connectivity index (χ3n) is 3.45. The average Bonchev–Trinajstić information content (AvgIpc) is 3.02. The number of hydrogen-bond acceptors (Lipinski definition) is 5. The molecule has 1 N–H and O–H groups in total. The first-order valence-electron chi connectivity index (χ1n) is 7.73. The monoisotopic (exact) mass is 346 g/mol. The van der Waals surface area contributed by atoms with Gasteiger partial charge in [0.2, 0.25) is 5.91 Å². The molecule has 0 saturated heterocycles. The van der Waals surface area contributed by atoms with Crippen LogP contribution in [0.5, 0.6) is 5.75 Å². The second-order valence-electron chi connectivity index (χ2n) is 5.07. The number of benzene rings is 1. The summed E-state index contributed by atoms with van der Waals surface area (Å²) < 4.78 is 7.18. The minimum Gasteiger partial charge on any atom is -0.497 e. The van der Waals surface area contributed by atoms with Gasteiger partial charge >= 0.3 is 0 Å². The van der Waals surface area contributed by atoms with Gasteiger partial charge in [-0.1, -0.05) is 17.8 Å². The van der Waals surface area contributed by atoms with E-state index in [-0.39, 0.29) is 11.2 Å². The van der Waals surface area contributed by atoms with Gasteiger partial charge in [0.05, 0.1) is 12.4 Å². The second-order valence-corrected chi connectivity index (χ2v) is 6.38. The maximum atomic E-state index is 12.0. The summed E-state index contributed by atoms with van der Waals surface area (Å²) in [5, 5.41) is 11.8. The molecule has 1 heterocycles. The van der Waals surface area contributed by atoms with Crippen LogP contribution in [0.15, 0.2) is 42.1 Å². The van der Waals surface area contributed by atoms with E-state index >= 15 is 0 Å². The summed E-state index contributed by atoms with van der Waals surface area (Å²) in [5.74, 6) is 1.53. The number of thioether (sulfide) groups is 1. The fourth-order valence-corrected chi connectivity index (χ4v) is 3.08. The molecule has 1 amide bonds. The van der Waals surface area contributed by atoms with Gasteiger partial charge in [0.15, 0.2) is 11.0 Å². The number of carbonyl (C=O) groups is 1. The first-order chi connectivity index (χ1) is 11.6. The summed E-state index contributed by atoms with van der Waals surface area (Å²) in [6.45, 7) is 8.66. The zero-order chi connectivity index (χ0) is 17.5. The van der Waals surface area contributed by atoms with Crippen LogP contribution < -0.4 is 10.1 Å². The summed E-state index contributed by atoms with van der Waals surface area (Å²) in [4.78, 5) is 12.0. The van der Waals surface area contributed by atoms with Gasteiger partial charge in [-0.15, -0.1) is 16.8 Å². The van der Waals surface area contributed by atoms with E-state index in [0.29, 0.717) is 6.54 Å². The molecule has 0 bridgehead atoms. The molecule has 0 saturated carbocycles. The lowest BCUT2D eigenvalue weighted by Gasteiger charge is -2.12. The average molecular weight is 346 g/mol. The minimum atomic E-state index is -0.261. The lowest BCUT2D eigenvalue weighted by Crippen LogP contribution is -2.31. The Morgan fingerprint density at radius 2 is 2.12 bits per heavy atom. The van der Waals surface area contributed by atoms with Crippen molar-refractivity contribution in [1.29, 1.82) is 0 Å². The van der Waals surface area contributed by atoms with Gasteiger partial charge < -0.3 is 14.6 Å². The predicted molar refractivity (Wildman–Crippen MR) is 96.2 cm³/mol. The van der Waals surface area contributed by atoms with Crippen molar-refractivity contribution in [2.75, 3.05) is 13.7 Å². The van der Waals surface area contributed by atoms with Crippen LogP contribution in [0.1, 0.15) is 13.8 Å². The highest BCUT2D eigenvalue weighted by molar-refractivity contribution is 8.00. The van der Waals surface area contributed by atoms with E-state index in [1.807, 2.05) is 42.7 Å². The molecule has 2 aromatic rings. The minimum absolute atomic E-state index is 0.0449. The largest absolute Gasteiger partial charge is 0.497 e. The molecule has 24 heavy (non-hydrogen) atoms. The maximum absolute atomic E-state index is 12.0. The molecule has 0 aliphatic heterocycles. The third-order valence-corrected chi connectivity index (χ3v) is 4.53. The number of amides is 1. The lowest BCUT2D eigenvalue weighted by atomic mass is 10.2. The summed E-state index contributed by atoms with van der Waals surface area (Å²) in [6.07, 6.45) is 1.66. The Bertz CT molecular complexity index is 697. The fraction of sp³-hybridized carbons (Fsp3) is 0.353. The number of rotatable bonds is 8. The lowest BCUT2D eigenvalue weighted by molar-refractivity contribution is -0.120. The van der Waals surface area contributed by atoms with Crippen LogP contribution in [0.4, 0.5) is 0 Å². The molecular formula is C17H22N4O2S. The van der Waals surface area contributed by atoms with Gasteiger partial charge in [-0.3, -0.25) is 4.79 Å². The molecule has 1 atom stereocenters. The fourth-order valence-electron chi connectivity index (χ4n) is 2.14. The molecule has 1 aromatic heterocycles. The molecule has 6 nitrogen and oxygen atoms in total. The number of carbonyl (C=O) groups excluding carboxylic acids is 1. The van der Waals surface area contributed by atoms with Crippen molar-refractivity contribution in [3.05, 3.63) is 36.9 Å². The van der Waals surface area contributed by atoms with Gasteiger partial charge in [0.25, 0.3) is 0 Å². The topological polar surface area (TPSA) is 69.0 Å². The van der Waals surface area contributed by atoms with Crippen molar-refractivity contribution in [1.82, 2.24) is 20.1 Å². The predicted octanol–water partition coefficient (Wildman–Crippen LogP) is 2.76. The smallest absolute Gasteiger partial charge is 0.233 e. The van der Waals surface area contributed by atoms with Crippen LogP contribution in [0.3, 0.4) is 0 Å². The van der Waals surface area contributed by atoms with Gasteiger partial charge in [0, 0.05) is 18.7 Å². The number of ether oxygens (including phenoxy) is 1. The summed E-state index contributed by atoms with van der Waals surface area (Å²) in [6, 6.07) is 7.68. The molecule has 0 spiro atoms. The summed E-state index contributed by atoms with van der Waals surface area (Å²) in [5.41, 5.74) is 0.959. The molecular weight excluding hydrogens is 324 g/mol. The number of hydrogen-bond donors (Lipinski definition) is 1. The summed E-state index contributed by atoms with van der Waals surface area (Å²) in [7, 11) is 1.64. The first-order valence-corrected chi connectivity index (χ1v) is 8.61. The van der Waals surface area contributed by atoms with Crippen LogP contribution in [0.2, 0.25) is 0 Å². The van der Waals surface area contributed by atoms with Crippen molar-refractivity contribution < 1.29 is 9.53 Å². The van der Waals surface area contributed by atoms with Crippen LogP contribution in [-0.2, 0) is 11.3 Å². The number of nitrogens with zero attached hydrogens (tertiary/aromatic N) is 3. The molecule has 128 valence electrons. The van der Waals surface area contributed by atoms with E-state index in [1.54, 1.807) is 13.2 Å². The number of aromatic nitrogens is 3. The SMILES string of the molecule is C=CCNC(=O)[C@H](C)Sc1nnc(-c2ccc(OC)cc2)n1CC. The van der Waals surface area contributed by atoms with Gasteiger partial charge in [0.1, 0.15) is 5.75 Å². The highest BCUT2D eigenvalue weighted by Gasteiger charge is 2.19. The van der Waals surface area contributed by atoms with Crippen molar-refractivity contribution >= 4 is 17.7 Å². The Balaban J connectivity index is 2.19. The van der Waals surface area contributed by atoms with Crippen molar-refractivity contribution in [3.8, 4) is 17.1 Å². The third kappa shape index (κ3) is 4.17.